The van der Waals surface area contributed by atoms with Gasteiger partial charge in [0.05, 0.1) is 6.54 Å². The van der Waals surface area contributed by atoms with E-state index in [1.165, 1.54) is 0 Å². The van der Waals surface area contributed by atoms with E-state index in [9.17, 15) is 18.0 Å². The van der Waals surface area contributed by atoms with E-state index in [-0.39, 0.29) is 6.54 Å². The third-order valence-electron chi connectivity index (χ3n) is 3.22. The molecule has 0 aromatic heterocycles. The van der Waals surface area contributed by atoms with Gasteiger partial charge in [0.25, 0.3) is 0 Å². The van der Waals surface area contributed by atoms with Crippen LogP contribution in [0.3, 0.4) is 0 Å². The molecule has 1 unspecified atom stereocenters. The second-order valence-corrected chi connectivity index (χ2v) is 4.79. The lowest BCUT2D eigenvalue weighted by Crippen LogP contribution is -2.53. The summed E-state index contributed by atoms with van der Waals surface area (Å²) in [7, 11) is 0. The first-order valence-electron chi connectivity index (χ1n) is 6.31. The quantitative estimate of drug-likeness (QED) is 0.722. The number of carbonyl (C=O) groups is 1. The molecule has 0 aromatic carbocycles. The second-order valence-electron chi connectivity index (χ2n) is 4.79. The highest BCUT2D eigenvalue weighted by Crippen LogP contribution is 2.12. The number of piperazine rings is 1. The van der Waals surface area contributed by atoms with Crippen LogP contribution in [0.4, 0.5) is 13.2 Å². The molecular weight excluding hydrogens is 261 g/mol. The second kappa shape index (κ2) is 7.06. The fourth-order valence-electron chi connectivity index (χ4n) is 1.97. The summed E-state index contributed by atoms with van der Waals surface area (Å²) in [5.74, 6) is -0.586. The number of amides is 1. The number of alkyl halides is 3. The van der Waals surface area contributed by atoms with Crippen LogP contribution in [-0.2, 0) is 4.79 Å². The van der Waals surface area contributed by atoms with Crippen molar-refractivity contribution in [3.8, 4) is 0 Å². The van der Waals surface area contributed by atoms with Gasteiger partial charge in [-0.1, -0.05) is 0 Å². The van der Waals surface area contributed by atoms with Gasteiger partial charge >= 0.3 is 6.18 Å². The molecule has 1 heterocycles. The van der Waals surface area contributed by atoms with Gasteiger partial charge in [-0.3, -0.25) is 14.6 Å². The molecule has 1 aliphatic heterocycles. The van der Waals surface area contributed by atoms with Crippen LogP contribution in [0, 0.1) is 0 Å². The Morgan fingerprint density at radius 3 is 2.37 bits per heavy atom. The van der Waals surface area contributed by atoms with Crippen LogP contribution < -0.4 is 11.1 Å². The predicted molar refractivity (Wildman–Crippen MR) is 65.6 cm³/mol. The Morgan fingerprint density at radius 2 is 1.89 bits per heavy atom. The number of hydrogen-bond donors (Lipinski definition) is 2. The van der Waals surface area contributed by atoms with Crippen molar-refractivity contribution in [2.24, 2.45) is 5.73 Å². The normalized spacial score (nSPS) is 20.3. The lowest BCUT2D eigenvalue weighted by molar-refractivity contribution is -0.139. The van der Waals surface area contributed by atoms with E-state index in [1.54, 1.807) is 0 Å². The Kier molecular flexibility index (Phi) is 6.02. The molecule has 8 heteroatoms. The van der Waals surface area contributed by atoms with E-state index >= 15 is 0 Å². The van der Waals surface area contributed by atoms with E-state index < -0.39 is 18.6 Å². The fourth-order valence-corrected chi connectivity index (χ4v) is 1.97. The molecule has 5 nitrogen and oxygen atoms in total. The van der Waals surface area contributed by atoms with Gasteiger partial charge in [0.1, 0.15) is 6.54 Å². The SMILES string of the molecule is CC(CN)N1CCN(CC(=O)NCC(F)(F)F)CC1. The first-order chi connectivity index (χ1) is 8.81. The monoisotopic (exact) mass is 282 g/mol. The fraction of sp³-hybridized carbons (Fsp3) is 0.909. The van der Waals surface area contributed by atoms with Gasteiger partial charge < -0.3 is 11.1 Å². The highest BCUT2D eigenvalue weighted by Gasteiger charge is 2.28. The molecule has 0 aromatic rings. The van der Waals surface area contributed by atoms with E-state index in [1.807, 2.05) is 17.1 Å². The molecule has 0 spiro atoms. The molecule has 0 saturated carbocycles. The van der Waals surface area contributed by atoms with Crippen LogP contribution in [0.5, 0.6) is 0 Å². The van der Waals surface area contributed by atoms with Crippen LogP contribution in [-0.4, -0.2) is 73.7 Å². The zero-order valence-electron chi connectivity index (χ0n) is 11.0. The van der Waals surface area contributed by atoms with E-state index in [0.29, 0.717) is 25.7 Å². The van der Waals surface area contributed by atoms with Crippen molar-refractivity contribution < 1.29 is 18.0 Å². The first-order valence-corrected chi connectivity index (χ1v) is 6.31. The highest BCUT2D eigenvalue weighted by atomic mass is 19.4. The van der Waals surface area contributed by atoms with E-state index in [0.717, 1.165) is 13.1 Å². The Bertz CT molecular complexity index is 290. The Balaban J connectivity index is 2.23. The molecule has 0 aliphatic carbocycles. The van der Waals surface area contributed by atoms with E-state index in [2.05, 4.69) is 4.90 Å². The summed E-state index contributed by atoms with van der Waals surface area (Å²) >= 11 is 0. The minimum atomic E-state index is -4.36. The van der Waals surface area contributed by atoms with Gasteiger partial charge in [0.15, 0.2) is 0 Å². The van der Waals surface area contributed by atoms with Crippen molar-refractivity contribution in [2.45, 2.75) is 19.1 Å². The largest absolute Gasteiger partial charge is 0.405 e. The van der Waals surface area contributed by atoms with Gasteiger partial charge in [-0.15, -0.1) is 0 Å². The molecule has 1 aliphatic rings. The third-order valence-corrected chi connectivity index (χ3v) is 3.22. The van der Waals surface area contributed by atoms with Crippen LogP contribution in [0.2, 0.25) is 0 Å². The van der Waals surface area contributed by atoms with Crippen LogP contribution in [0.15, 0.2) is 0 Å². The van der Waals surface area contributed by atoms with Crippen LogP contribution in [0.25, 0.3) is 0 Å². The van der Waals surface area contributed by atoms with Crippen molar-refractivity contribution >= 4 is 5.91 Å². The summed E-state index contributed by atoms with van der Waals surface area (Å²) in [5.41, 5.74) is 5.57. The standard InChI is InChI=1S/C11H21F3N4O/c1-9(6-15)18-4-2-17(3-5-18)7-10(19)16-8-11(12,13)14/h9H,2-8,15H2,1H3,(H,16,19). The number of nitrogens with zero attached hydrogens (tertiary/aromatic N) is 2. The number of halogens is 3. The molecule has 3 N–H and O–H groups in total. The maximum atomic E-state index is 11.9. The lowest BCUT2D eigenvalue weighted by atomic mass is 10.2. The highest BCUT2D eigenvalue weighted by molar-refractivity contribution is 5.78. The summed E-state index contributed by atoms with van der Waals surface area (Å²) in [4.78, 5) is 15.4. The molecule has 0 radical (unpaired) electrons. The molecule has 1 amide bonds. The number of nitrogens with two attached hydrogens (primary N) is 1. The molecule has 0 bridgehead atoms. The maximum absolute atomic E-state index is 11.9. The van der Waals surface area contributed by atoms with Gasteiger partial charge in [-0.2, -0.15) is 13.2 Å². The van der Waals surface area contributed by atoms with Crippen molar-refractivity contribution in [3.05, 3.63) is 0 Å². The molecule has 1 rings (SSSR count). The topological polar surface area (TPSA) is 61.6 Å². The molecule has 112 valence electrons. The van der Waals surface area contributed by atoms with Gasteiger partial charge in [-0.25, -0.2) is 0 Å². The molecular formula is C11H21F3N4O. The maximum Gasteiger partial charge on any atom is 0.405 e. The summed E-state index contributed by atoms with van der Waals surface area (Å²) in [6, 6.07) is 0.293. The minimum absolute atomic E-state index is 0.0148. The summed E-state index contributed by atoms with van der Waals surface area (Å²) in [6.07, 6.45) is -4.36. The van der Waals surface area contributed by atoms with Gasteiger partial charge in [0, 0.05) is 38.8 Å². The zero-order valence-corrected chi connectivity index (χ0v) is 11.0. The lowest BCUT2D eigenvalue weighted by Gasteiger charge is -2.37. The Morgan fingerprint density at radius 1 is 1.32 bits per heavy atom. The minimum Gasteiger partial charge on any atom is -0.346 e. The van der Waals surface area contributed by atoms with Crippen molar-refractivity contribution in [2.75, 3.05) is 45.8 Å². The van der Waals surface area contributed by atoms with Crippen LogP contribution in [0.1, 0.15) is 6.92 Å². The van der Waals surface area contributed by atoms with E-state index in [4.69, 9.17) is 5.73 Å². The molecule has 1 saturated heterocycles. The number of nitrogens with one attached hydrogen (secondary N) is 1. The molecule has 19 heavy (non-hydrogen) atoms. The van der Waals surface area contributed by atoms with Crippen molar-refractivity contribution in [1.82, 2.24) is 15.1 Å². The summed E-state index contributed by atoms with van der Waals surface area (Å²) in [6.45, 7) is 4.26. The van der Waals surface area contributed by atoms with Crippen LogP contribution >= 0.6 is 0 Å². The smallest absolute Gasteiger partial charge is 0.346 e. The van der Waals surface area contributed by atoms with Gasteiger partial charge in [0.2, 0.25) is 5.91 Å². The summed E-state index contributed by atoms with van der Waals surface area (Å²) in [5, 5.41) is 1.88. The zero-order chi connectivity index (χ0) is 14.5. The van der Waals surface area contributed by atoms with Gasteiger partial charge in [-0.05, 0) is 6.92 Å². The number of rotatable bonds is 5. The Hall–Kier alpha value is -0.860. The summed E-state index contributed by atoms with van der Waals surface area (Å²) < 4.78 is 35.8. The number of hydrogen-bond acceptors (Lipinski definition) is 4. The average Bonchev–Trinajstić information content (AvgIpc) is 2.35. The van der Waals surface area contributed by atoms with Crippen molar-refractivity contribution in [1.29, 1.82) is 0 Å². The van der Waals surface area contributed by atoms with Crippen molar-refractivity contribution in [3.63, 3.8) is 0 Å². The Labute approximate surface area is 110 Å². The number of carbonyl (C=O) groups excluding carboxylic acids is 1. The average molecular weight is 282 g/mol. The predicted octanol–water partition coefficient (Wildman–Crippen LogP) is -0.370. The molecule has 1 fully saturated rings. The third kappa shape index (κ3) is 6.22. The first kappa shape index (κ1) is 16.2. The molecule has 1 atom stereocenters.